The Kier molecular flexibility index (Phi) is 2.07. The molecule has 6 heteroatoms. The van der Waals surface area contributed by atoms with Gasteiger partial charge in [-0.3, -0.25) is 0 Å². The number of nitrogen functional groups attached to an aromatic ring is 2. The van der Waals surface area contributed by atoms with Crippen LogP contribution in [0.5, 0.6) is 0 Å². The Hall–Kier alpha value is -1.46. The Bertz CT molecular complexity index is 332. The average molecular weight is 194 g/mol. The Morgan fingerprint density at radius 2 is 1.62 bits per heavy atom. The average Bonchev–Trinajstić information content (AvgIpc) is 1.98. The molecule has 0 saturated carbocycles. The zero-order valence-corrected chi connectivity index (χ0v) is 6.32. The first-order valence-corrected chi connectivity index (χ1v) is 3.24. The second kappa shape index (κ2) is 2.79. The highest BCUT2D eigenvalue weighted by atomic mass is 19.4. The molecule has 0 radical (unpaired) electrons. The summed E-state index contributed by atoms with van der Waals surface area (Å²) in [5.41, 5.74) is 7.33. The SMILES string of the molecule is Nc1ccc(C(F)(F)F)c(N)c1F. The van der Waals surface area contributed by atoms with E-state index in [0.29, 0.717) is 6.07 Å². The molecule has 0 aliphatic carbocycles. The summed E-state index contributed by atoms with van der Waals surface area (Å²) in [6.07, 6.45) is -4.65. The lowest BCUT2D eigenvalue weighted by Gasteiger charge is -2.10. The second-order valence-electron chi connectivity index (χ2n) is 2.43. The van der Waals surface area contributed by atoms with Gasteiger partial charge < -0.3 is 11.5 Å². The summed E-state index contributed by atoms with van der Waals surface area (Å²) in [7, 11) is 0. The van der Waals surface area contributed by atoms with Crippen LogP contribution in [0.15, 0.2) is 12.1 Å². The van der Waals surface area contributed by atoms with E-state index in [1.165, 1.54) is 0 Å². The molecule has 0 bridgehead atoms. The lowest BCUT2D eigenvalue weighted by atomic mass is 10.1. The van der Waals surface area contributed by atoms with Gasteiger partial charge in [-0.05, 0) is 12.1 Å². The first kappa shape index (κ1) is 9.63. The van der Waals surface area contributed by atoms with Crippen molar-refractivity contribution in [2.45, 2.75) is 6.18 Å². The van der Waals surface area contributed by atoms with E-state index in [1.54, 1.807) is 0 Å². The highest BCUT2D eigenvalue weighted by molar-refractivity contribution is 5.59. The maximum Gasteiger partial charge on any atom is 0.418 e. The van der Waals surface area contributed by atoms with Crippen LogP contribution in [0.2, 0.25) is 0 Å². The van der Waals surface area contributed by atoms with Crippen LogP contribution < -0.4 is 11.5 Å². The second-order valence-corrected chi connectivity index (χ2v) is 2.43. The van der Waals surface area contributed by atoms with Gasteiger partial charge in [0.2, 0.25) is 0 Å². The fraction of sp³-hybridized carbons (Fsp3) is 0.143. The molecule has 0 unspecified atom stereocenters. The largest absolute Gasteiger partial charge is 0.418 e. The molecule has 13 heavy (non-hydrogen) atoms. The van der Waals surface area contributed by atoms with Gasteiger partial charge in [0, 0.05) is 0 Å². The Balaban J connectivity index is 3.35. The van der Waals surface area contributed by atoms with E-state index in [4.69, 9.17) is 11.5 Å². The minimum absolute atomic E-state index is 0.398. The Morgan fingerprint density at radius 1 is 1.08 bits per heavy atom. The quantitative estimate of drug-likeness (QED) is 0.490. The molecule has 1 aromatic rings. The molecule has 72 valence electrons. The first-order chi connectivity index (χ1) is 5.84. The summed E-state index contributed by atoms with van der Waals surface area (Å²) in [5, 5.41) is 0. The van der Waals surface area contributed by atoms with Gasteiger partial charge in [0.15, 0.2) is 5.82 Å². The molecule has 4 N–H and O–H groups in total. The van der Waals surface area contributed by atoms with Crippen LogP contribution in [0.25, 0.3) is 0 Å². The highest BCUT2D eigenvalue weighted by Crippen LogP contribution is 2.35. The summed E-state index contributed by atoms with van der Waals surface area (Å²) < 4.78 is 49.0. The van der Waals surface area contributed by atoms with Crippen molar-refractivity contribution in [3.63, 3.8) is 0 Å². The smallest absolute Gasteiger partial charge is 0.396 e. The number of nitrogens with two attached hydrogens (primary N) is 2. The molecule has 0 heterocycles. The van der Waals surface area contributed by atoms with Gasteiger partial charge in [-0.1, -0.05) is 0 Å². The maximum atomic E-state index is 12.8. The van der Waals surface area contributed by atoms with Crippen LogP contribution in [-0.4, -0.2) is 0 Å². The lowest BCUT2D eigenvalue weighted by Crippen LogP contribution is -2.11. The van der Waals surface area contributed by atoms with E-state index in [0.717, 1.165) is 6.07 Å². The van der Waals surface area contributed by atoms with E-state index in [9.17, 15) is 17.6 Å². The van der Waals surface area contributed by atoms with Crippen LogP contribution in [0.1, 0.15) is 5.56 Å². The van der Waals surface area contributed by atoms with Crippen molar-refractivity contribution in [3.8, 4) is 0 Å². The number of hydrogen-bond acceptors (Lipinski definition) is 2. The molecule has 1 aromatic carbocycles. The van der Waals surface area contributed by atoms with Crippen LogP contribution in [0, 0.1) is 5.82 Å². The zero-order chi connectivity index (χ0) is 10.2. The molecule has 0 aromatic heterocycles. The van der Waals surface area contributed by atoms with E-state index < -0.39 is 28.9 Å². The van der Waals surface area contributed by atoms with Crippen molar-refractivity contribution >= 4 is 11.4 Å². The Labute approximate surface area is 71.1 Å². The van der Waals surface area contributed by atoms with Gasteiger partial charge in [0.05, 0.1) is 16.9 Å². The highest BCUT2D eigenvalue weighted by Gasteiger charge is 2.34. The first-order valence-electron chi connectivity index (χ1n) is 3.24. The van der Waals surface area contributed by atoms with E-state index in [-0.39, 0.29) is 0 Å². The lowest BCUT2D eigenvalue weighted by molar-refractivity contribution is -0.137. The molecule has 0 spiro atoms. The van der Waals surface area contributed by atoms with Crippen molar-refractivity contribution in [3.05, 3.63) is 23.5 Å². The van der Waals surface area contributed by atoms with Gasteiger partial charge in [-0.15, -0.1) is 0 Å². The van der Waals surface area contributed by atoms with Gasteiger partial charge >= 0.3 is 6.18 Å². The maximum absolute atomic E-state index is 12.8. The van der Waals surface area contributed by atoms with Crippen molar-refractivity contribution in [1.82, 2.24) is 0 Å². The van der Waals surface area contributed by atoms with E-state index in [2.05, 4.69) is 0 Å². The molecule has 1 rings (SSSR count). The van der Waals surface area contributed by atoms with Crippen molar-refractivity contribution < 1.29 is 17.6 Å². The molecule has 0 aliphatic heterocycles. The van der Waals surface area contributed by atoms with Crippen molar-refractivity contribution in [1.29, 1.82) is 0 Å². The molecular formula is C7H6F4N2. The zero-order valence-electron chi connectivity index (χ0n) is 6.32. The van der Waals surface area contributed by atoms with Gasteiger partial charge in [-0.25, -0.2) is 4.39 Å². The van der Waals surface area contributed by atoms with Gasteiger partial charge in [-0.2, -0.15) is 13.2 Å². The molecule has 0 fully saturated rings. The van der Waals surface area contributed by atoms with Gasteiger partial charge in [0.25, 0.3) is 0 Å². The molecule has 2 nitrogen and oxygen atoms in total. The van der Waals surface area contributed by atoms with E-state index >= 15 is 0 Å². The summed E-state index contributed by atoms with van der Waals surface area (Å²) in [6.45, 7) is 0. The number of halogens is 4. The van der Waals surface area contributed by atoms with Crippen molar-refractivity contribution in [2.75, 3.05) is 11.5 Å². The molecule has 0 atom stereocenters. The number of benzene rings is 1. The number of hydrogen-bond donors (Lipinski definition) is 2. The predicted molar refractivity (Wildman–Crippen MR) is 40.2 cm³/mol. The third kappa shape index (κ3) is 1.66. The van der Waals surface area contributed by atoms with Gasteiger partial charge in [0.1, 0.15) is 0 Å². The van der Waals surface area contributed by atoms with Crippen molar-refractivity contribution in [2.24, 2.45) is 0 Å². The van der Waals surface area contributed by atoms with Crippen LogP contribution in [0.3, 0.4) is 0 Å². The summed E-state index contributed by atoms with van der Waals surface area (Å²) in [4.78, 5) is 0. The predicted octanol–water partition coefficient (Wildman–Crippen LogP) is 2.01. The third-order valence-electron chi connectivity index (χ3n) is 1.52. The minimum atomic E-state index is -4.65. The number of rotatable bonds is 0. The third-order valence-corrected chi connectivity index (χ3v) is 1.52. The number of alkyl halides is 3. The van der Waals surface area contributed by atoms with Crippen LogP contribution in [-0.2, 0) is 6.18 Å². The van der Waals surface area contributed by atoms with Crippen LogP contribution >= 0.6 is 0 Å². The molecule has 0 amide bonds. The van der Waals surface area contributed by atoms with E-state index in [1.807, 2.05) is 0 Å². The molecular weight excluding hydrogens is 188 g/mol. The summed E-state index contributed by atoms with van der Waals surface area (Å²) >= 11 is 0. The normalized spacial score (nSPS) is 11.7. The topological polar surface area (TPSA) is 52.0 Å². The Morgan fingerprint density at radius 3 is 2.08 bits per heavy atom. The number of anilines is 2. The fourth-order valence-corrected chi connectivity index (χ4v) is 0.857. The molecule has 0 aliphatic rings. The summed E-state index contributed by atoms with van der Waals surface area (Å²) in [5.74, 6) is -1.23. The fourth-order valence-electron chi connectivity index (χ4n) is 0.857. The molecule has 0 saturated heterocycles. The standard InChI is InChI=1S/C7H6F4N2/c8-5-4(12)2-1-3(6(5)13)7(9,10)11/h1-2H,12-13H2. The minimum Gasteiger partial charge on any atom is -0.396 e. The van der Waals surface area contributed by atoms with Crippen LogP contribution in [0.4, 0.5) is 28.9 Å². The monoisotopic (exact) mass is 194 g/mol. The summed E-state index contributed by atoms with van der Waals surface area (Å²) in [6, 6.07) is 1.47.